The van der Waals surface area contributed by atoms with Crippen molar-refractivity contribution in [3.05, 3.63) is 22.8 Å². The Morgan fingerprint density at radius 3 is 2.33 bits per heavy atom. The number of hydrogen-bond donors (Lipinski definition) is 0. The van der Waals surface area contributed by atoms with E-state index in [0.29, 0.717) is 0 Å². The molecule has 0 aliphatic carbocycles. The smallest absolute Gasteiger partial charge is 0.416 e. The van der Waals surface area contributed by atoms with Crippen LogP contribution in [-0.2, 0) is 18.8 Å². The van der Waals surface area contributed by atoms with E-state index >= 15 is 0 Å². The average molecular weight is 213 g/mol. The average Bonchev–Trinajstić information content (AvgIpc) is 1.82. The van der Waals surface area contributed by atoms with Crippen LogP contribution in [0, 0.1) is 0 Å². The lowest BCUT2D eigenvalue weighted by molar-refractivity contribution is -0.137. The number of aromatic nitrogens is 1. The van der Waals surface area contributed by atoms with Crippen LogP contribution in [0.4, 0.5) is 13.2 Å². The molecule has 12 heavy (non-hydrogen) atoms. The summed E-state index contributed by atoms with van der Waals surface area (Å²) in [5, 5.41) is -0.398. The van der Waals surface area contributed by atoms with Crippen molar-refractivity contribution in [3.63, 3.8) is 0 Å². The van der Waals surface area contributed by atoms with E-state index in [4.69, 9.17) is 11.6 Å². The van der Waals surface area contributed by atoms with Gasteiger partial charge in [0, 0.05) is 0 Å². The van der Waals surface area contributed by atoms with E-state index < -0.39 is 11.7 Å². The van der Waals surface area contributed by atoms with Gasteiger partial charge in [-0.3, -0.25) is 4.98 Å². The third-order valence-corrected chi connectivity index (χ3v) is 1.50. The summed E-state index contributed by atoms with van der Waals surface area (Å²) in [6, 6.07) is 1.50. The second-order valence-electron chi connectivity index (χ2n) is 2.01. The maximum atomic E-state index is 12.0. The standard InChI is InChI=1S/C6H3ClF3NS/c7-4-1-3(6(8,9)10)2-5(12)11-4/h1-2H,(H,11,12)/p-1. The van der Waals surface area contributed by atoms with Gasteiger partial charge >= 0.3 is 6.18 Å². The second-order valence-corrected chi connectivity index (χ2v) is 2.82. The summed E-state index contributed by atoms with van der Waals surface area (Å²) < 4.78 is 36.0. The molecule has 6 heteroatoms. The first-order valence-electron chi connectivity index (χ1n) is 2.81. The molecular formula is C6H2ClF3NS-. The van der Waals surface area contributed by atoms with Gasteiger partial charge < -0.3 is 12.6 Å². The van der Waals surface area contributed by atoms with E-state index in [1.807, 2.05) is 0 Å². The molecule has 1 aromatic rings. The molecule has 0 spiro atoms. The van der Waals surface area contributed by atoms with Crippen LogP contribution < -0.4 is 0 Å². The van der Waals surface area contributed by atoms with Gasteiger partial charge in [-0.15, -0.1) is 0 Å². The Bertz CT molecular complexity index is 279. The number of alkyl halides is 3. The molecular weight excluding hydrogens is 211 g/mol. The molecule has 1 aromatic heterocycles. The number of halogens is 4. The van der Waals surface area contributed by atoms with Gasteiger partial charge in [0.05, 0.1) is 5.56 Å². The maximum Gasteiger partial charge on any atom is 0.416 e. The summed E-state index contributed by atoms with van der Waals surface area (Å²) in [5.74, 6) is 0. The van der Waals surface area contributed by atoms with Crippen molar-refractivity contribution in [2.24, 2.45) is 0 Å². The van der Waals surface area contributed by atoms with E-state index in [1.165, 1.54) is 0 Å². The van der Waals surface area contributed by atoms with Crippen LogP contribution in [0.3, 0.4) is 0 Å². The summed E-state index contributed by atoms with van der Waals surface area (Å²) in [4.78, 5) is 3.43. The maximum absolute atomic E-state index is 12.0. The Labute approximate surface area is 77.0 Å². The molecule has 0 atom stereocenters. The second kappa shape index (κ2) is 3.06. The fourth-order valence-corrected chi connectivity index (χ4v) is 1.12. The third-order valence-electron chi connectivity index (χ3n) is 1.10. The highest BCUT2D eigenvalue weighted by atomic mass is 35.5. The van der Waals surface area contributed by atoms with Crippen LogP contribution in [0.15, 0.2) is 17.2 Å². The Morgan fingerprint density at radius 2 is 1.92 bits per heavy atom. The van der Waals surface area contributed by atoms with Gasteiger partial charge in [0.1, 0.15) is 5.15 Å². The minimum Gasteiger partial charge on any atom is -0.760 e. The zero-order valence-corrected chi connectivity index (χ0v) is 7.09. The molecule has 0 bridgehead atoms. The Kier molecular flexibility index (Phi) is 2.44. The molecule has 0 fully saturated rings. The number of pyridine rings is 1. The van der Waals surface area contributed by atoms with Crippen molar-refractivity contribution in [2.45, 2.75) is 11.2 Å². The lowest BCUT2D eigenvalue weighted by Gasteiger charge is -2.10. The van der Waals surface area contributed by atoms with Gasteiger partial charge in [0.15, 0.2) is 0 Å². The molecule has 0 N–H and O–H groups in total. The summed E-state index contributed by atoms with van der Waals surface area (Å²) in [5.41, 5.74) is -0.868. The highest BCUT2D eigenvalue weighted by Crippen LogP contribution is 2.30. The quantitative estimate of drug-likeness (QED) is 0.484. The minimum absolute atomic E-state index is 0.158. The highest BCUT2D eigenvalue weighted by Gasteiger charge is 2.30. The van der Waals surface area contributed by atoms with Crippen LogP contribution >= 0.6 is 11.6 Å². The predicted molar refractivity (Wildman–Crippen MR) is 39.9 cm³/mol. The lowest BCUT2D eigenvalue weighted by Crippen LogP contribution is -2.05. The van der Waals surface area contributed by atoms with Crippen LogP contribution in [0.25, 0.3) is 0 Å². The highest BCUT2D eigenvalue weighted by molar-refractivity contribution is 7.58. The van der Waals surface area contributed by atoms with Crippen molar-refractivity contribution in [2.75, 3.05) is 0 Å². The van der Waals surface area contributed by atoms with E-state index in [-0.39, 0.29) is 10.2 Å². The number of rotatable bonds is 0. The SMILES string of the molecule is FC(F)(F)c1cc([S-])nc(Cl)c1. The molecule has 1 rings (SSSR count). The molecule has 0 aliphatic heterocycles. The predicted octanol–water partition coefficient (Wildman–Crippen LogP) is 2.66. The van der Waals surface area contributed by atoms with Crippen LogP contribution in [0.5, 0.6) is 0 Å². The van der Waals surface area contributed by atoms with Gasteiger partial charge in [-0.1, -0.05) is 22.7 Å². The summed E-state index contributed by atoms with van der Waals surface area (Å²) >= 11 is 9.74. The molecule has 66 valence electrons. The zero-order valence-electron chi connectivity index (χ0n) is 5.52. The van der Waals surface area contributed by atoms with Crippen LogP contribution in [0.2, 0.25) is 5.15 Å². The van der Waals surface area contributed by atoms with Crippen molar-refractivity contribution >= 4 is 24.2 Å². The first-order chi connectivity index (χ1) is 5.39. The summed E-state index contributed by atoms with van der Waals surface area (Å²) in [6.07, 6.45) is -4.42. The zero-order chi connectivity index (χ0) is 9.35. The minimum atomic E-state index is -4.42. The fraction of sp³-hybridized carbons (Fsp3) is 0.167. The molecule has 1 heterocycles. The molecule has 0 saturated carbocycles. The first-order valence-corrected chi connectivity index (χ1v) is 3.60. The monoisotopic (exact) mass is 212 g/mol. The van der Waals surface area contributed by atoms with Gasteiger partial charge in [0.2, 0.25) is 0 Å². The normalized spacial score (nSPS) is 11.7. The third kappa shape index (κ3) is 2.22. The number of hydrogen-bond acceptors (Lipinski definition) is 2. The van der Waals surface area contributed by atoms with E-state index in [9.17, 15) is 13.2 Å². The topological polar surface area (TPSA) is 12.9 Å². The van der Waals surface area contributed by atoms with Crippen molar-refractivity contribution in [1.82, 2.24) is 4.98 Å². The molecule has 0 amide bonds. The number of nitrogens with zero attached hydrogens (tertiary/aromatic N) is 1. The Morgan fingerprint density at radius 1 is 1.33 bits per heavy atom. The van der Waals surface area contributed by atoms with E-state index in [0.717, 1.165) is 12.1 Å². The summed E-state index contributed by atoms with van der Waals surface area (Å²) in [7, 11) is 0. The van der Waals surface area contributed by atoms with Gasteiger partial charge in [-0.25, -0.2) is 0 Å². The van der Waals surface area contributed by atoms with Crippen LogP contribution in [0.1, 0.15) is 5.56 Å². The molecule has 1 nitrogen and oxygen atoms in total. The molecule has 0 saturated heterocycles. The van der Waals surface area contributed by atoms with Crippen molar-refractivity contribution < 1.29 is 13.2 Å². The van der Waals surface area contributed by atoms with E-state index in [2.05, 4.69) is 17.6 Å². The van der Waals surface area contributed by atoms with Crippen molar-refractivity contribution in [3.8, 4) is 0 Å². The lowest BCUT2D eigenvalue weighted by atomic mass is 10.3. The van der Waals surface area contributed by atoms with Gasteiger partial charge in [-0.2, -0.15) is 13.2 Å². The largest absolute Gasteiger partial charge is 0.760 e. The molecule has 0 aliphatic rings. The van der Waals surface area contributed by atoms with E-state index in [1.54, 1.807) is 0 Å². The van der Waals surface area contributed by atoms with Crippen LogP contribution in [-0.4, -0.2) is 4.98 Å². The molecule has 0 aromatic carbocycles. The fourth-order valence-electron chi connectivity index (χ4n) is 0.636. The molecule has 0 radical (unpaired) electrons. The van der Waals surface area contributed by atoms with Gasteiger partial charge in [-0.05, 0) is 6.07 Å². The van der Waals surface area contributed by atoms with Crippen molar-refractivity contribution in [1.29, 1.82) is 0 Å². The first kappa shape index (κ1) is 9.54. The Hall–Kier alpha value is -0.550. The Balaban J connectivity index is 3.18. The van der Waals surface area contributed by atoms with Gasteiger partial charge in [0.25, 0.3) is 0 Å². The summed E-state index contributed by atoms with van der Waals surface area (Å²) in [6.45, 7) is 0. The molecule has 0 unspecified atom stereocenters.